The van der Waals surface area contributed by atoms with Crippen molar-refractivity contribution in [3.63, 3.8) is 0 Å². The molecule has 3 unspecified atom stereocenters. The van der Waals surface area contributed by atoms with Crippen LogP contribution in [0.25, 0.3) is 0 Å². The number of anilines is 1. The molecular formula is C25H28I2N2O3S. The van der Waals surface area contributed by atoms with Crippen LogP contribution in [0.4, 0.5) is 5.13 Å². The number of carbonyl (C=O) groups is 2. The number of aromatic hydroxyl groups is 1. The van der Waals surface area contributed by atoms with Gasteiger partial charge in [0.25, 0.3) is 0 Å². The second-order valence-electron chi connectivity index (χ2n) is 10.1. The van der Waals surface area contributed by atoms with Crippen LogP contribution in [0.1, 0.15) is 67.4 Å². The van der Waals surface area contributed by atoms with E-state index in [1.165, 1.54) is 22.5 Å². The smallest absolute Gasteiger partial charge is 0.226 e. The van der Waals surface area contributed by atoms with Crippen molar-refractivity contribution in [2.75, 3.05) is 5.32 Å². The monoisotopic (exact) mass is 690 g/mol. The van der Waals surface area contributed by atoms with Gasteiger partial charge in [-0.2, -0.15) is 0 Å². The lowest BCUT2D eigenvalue weighted by Gasteiger charge is -2.50. The molecule has 8 heteroatoms. The highest BCUT2D eigenvalue weighted by molar-refractivity contribution is 14.1. The van der Waals surface area contributed by atoms with Crippen molar-refractivity contribution < 1.29 is 14.7 Å². The highest BCUT2D eigenvalue weighted by Crippen LogP contribution is 2.62. The fourth-order valence-corrected chi connectivity index (χ4v) is 9.55. The third-order valence-electron chi connectivity index (χ3n) is 8.35. The van der Waals surface area contributed by atoms with Crippen molar-refractivity contribution in [1.82, 2.24) is 4.98 Å². The van der Waals surface area contributed by atoms with E-state index >= 15 is 0 Å². The Kier molecular flexibility index (Phi) is 6.56. The van der Waals surface area contributed by atoms with Crippen LogP contribution >= 0.6 is 56.5 Å². The topological polar surface area (TPSA) is 79.3 Å². The van der Waals surface area contributed by atoms with Crippen LogP contribution in [-0.2, 0) is 16.0 Å². The largest absolute Gasteiger partial charge is 0.506 e. The molecule has 1 aromatic heterocycles. The third-order valence-corrected chi connectivity index (χ3v) is 11.2. The quantitative estimate of drug-likeness (QED) is 0.363. The minimum atomic E-state index is -0.260. The Hall–Kier alpha value is -0.750. The van der Waals surface area contributed by atoms with E-state index in [1.54, 1.807) is 6.20 Å². The maximum absolute atomic E-state index is 13.2. The summed E-state index contributed by atoms with van der Waals surface area (Å²) < 4.78 is 1.91. The van der Waals surface area contributed by atoms with E-state index in [4.69, 9.17) is 0 Å². The summed E-state index contributed by atoms with van der Waals surface area (Å²) in [5.74, 6) is 2.29. The molecule has 0 bridgehead atoms. The summed E-state index contributed by atoms with van der Waals surface area (Å²) in [5, 5.41) is 14.0. The zero-order valence-corrected chi connectivity index (χ0v) is 23.9. The van der Waals surface area contributed by atoms with Crippen LogP contribution in [0, 0.1) is 37.2 Å². The fraction of sp³-hybridized carbons (Fsp3) is 0.560. The van der Waals surface area contributed by atoms with E-state index in [-0.39, 0.29) is 17.2 Å². The number of ketones is 1. The van der Waals surface area contributed by atoms with Gasteiger partial charge in [0.2, 0.25) is 5.91 Å². The molecular weight excluding hydrogens is 662 g/mol. The molecule has 33 heavy (non-hydrogen) atoms. The lowest BCUT2D eigenvalue weighted by molar-refractivity contribution is -0.129. The number of hydrogen-bond donors (Lipinski definition) is 2. The number of aromatic nitrogens is 1. The number of halogens is 2. The SMILES string of the molecule is Cc1cnc(NC(=O)CC[C@@H]2CC(=O)[C@@]3(C)CCC4c5cc(I)c(O)c(I)c5CCC4C23)s1. The lowest BCUT2D eigenvalue weighted by Crippen LogP contribution is -2.44. The van der Waals surface area contributed by atoms with Gasteiger partial charge < -0.3 is 10.4 Å². The number of phenolic OH excluding ortho intramolecular Hbond substituents is 1. The van der Waals surface area contributed by atoms with E-state index in [1.807, 2.05) is 6.92 Å². The molecule has 2 N–H and O–H groups in total. The molecule has 0 aliphatic heterocycles. The summed E-state index contributed by atoms with van der Waals surface area (Å²) in [4.78, 5) is 31.1. The second kappa shape index (κ2) is 9.04. The van der Waals surface area contributed by atoms with Crippen LogP contribution in [0.5, 0.6) is 5.75 Å². The van der Waals surface area contributed by atoms with Crippen molar-refractivity contribution >= 4 is 73.3 Å². The summed E-state index contributed by atoms with van der Waals surface area (Å²) in [5.41, 5.74) is 2.43. The summed E-state index contributed by atoms with van der Waals surface area (Å²) in [6.07, 6.45) is 7.52. The molecule has 5 atom stereocenters. The van der Waals surface area contributed by atoms with E-state index in [0.717, 1.165) is 44.1 Å². The molecule has 0 saturated heterocycles. The van der Waals surface area contributed by atoms with Gasteiger partial charge in [-0.25, -0.2) is 4.98 Å². The van der Waals surface area contributed by atoms with Gasteiger partial charge in [-0.05, 0) is 125 Å². The summed E-state index contributed by atoms with van der Waals surface area (Å²) >= 11 is 6.01. The van der Waals surface area contributed by atoms with Crippen LogP contribution in [0.15, 0.2) is 12.3 Å². The molecule has 2 saturated carbocycles. The van der Waals surface area contributed by atoms with Gasteiger partial charge in [-0.3, -0.25) is 9.59 Å². The van der Waals surface area contributed by atoms with E-state index in [2.05, 4.69) is 68.5 Å². The van der Waals surface area contributed by atoms with Gasteiger partial charge in [0.05, 0.1) is 7.14 Å². The maximum atomic E-state index is 13.2. The first-order chi connectivity index (χ1) is 15.7. The van der Waals surface area contributed by atoms with Crippen molar-refractivity contribution in [3.05, 3.63) is 35.4 Å². The molecule has 0 spiro atoms. The van der Waals surface area contributed by atoms with Crippen LogP contribution < -0.4 is 5.32 Å². The van der Waals surface area contributed by atoms with Gasteiger partial charge in [0.1, 0.15) is 11.5 Å². The summed E-state index contributed by atoms with van der Waals surface area (Å²) in [6, 6.07) is 2.18. The number of amides is 1. The van der Waals surface area contributed by atoms with E-state index < -0.39 is 0 Å². The van der Waals surface area contributed by atoms with Gasteiger partial charge in [-0.15, -0.1) is 11.3 Å². The Morgan fingerprint density at radius 2 is 2.15 bits per heavy atom. The molecule has 1 amide bonds. The van der Waals surface area contributed by atoms with Crippen molar-refractivity contribution in [2.24, 2.45) is 23.2 Å². The van der Waals surface area contributed by atoms with Crippen LogP contribution in [0.2, 0.25) is 0 Å². The first-order valence-corrected chi connectivity index (χ1v) is 14.6. The first kappa shape index (κ1) is 24.0. The number of aryl methyl sites for hydroxylation is 1. The third kappa shape index (κ3) is 4.15. The zero-order chi connectivity index (χ0) is 23.5. The molecule has 5 nitrogen and oxygen atoms in total. The number of fused-ring (bicyclic) bond motifs is 5. The van der Waals surface area contributed by atoms with Crippen molar-refractivity contribution in [1.29, 1.82) is 0 Å². The number of thiazole rings is 1. The van der Waals surface area contributed by atoms with E-state index in [0.29, 0.717) is 47.3 Å². The van der Waals surface area contributed by atoms with E-state index in [9.17, 15) is 14.7 Å². The Morgan fingerprint density at radius 3 is 2.88 bits per heavy atom. The first-order valence-electron chi connectivity index (χ1n) is 11.6. The molecule has 5 rings (SSSR count). The number of nitrogens with zero attached hydrogens (tertiary/aromatic N) is 1. The number of carbonyl (C=O) groups excluding carboxylic acids is 2. The standard InChI is InChI=1S/C25H28I2N2O3S/c1-12-11-28-24(33-12)29-20(31)6-3-13-9-19(30)25(2)8-7-14-15(21(13)25)4-5-16-17(14)10-18(26)23(32)22(16)27/h10-11,13-15,21,32H,3-9H2,1-2H3,(H,28,29,31)/t13-,14?,15?,21?,25-/m1/s1. The number of hydrogen-bond acceptors (Lipinski definition) is 5. The maximum Gasteiger partial charge on any atom is 0.226 e. The predicted octanol–water partition coefficient (Wildman–Crippen LogP) is 6.44. The summed E-state index contributed by atoms with van der Waals surface area (Å²) in [7, 11) is 0. The number of rotatable bonds is 4. The summed E-state index contributed by atoms with van der Waals surface area (Å²) in [6.45, 7) is 4.16. The molecule has 1 aromatic carbocycles. The fourth-order valence-electron chi connectivity index (χ4n) is 6.87. The average molecular weight is 690 g/mol. The average Bonchev–Trinajstić information content (AvgIpc) is 3.30. The predicted molar refractivity (Wildman–Crippen MR) is 147 cm³/mol. The highest BCUT2D eigenvalue weighted by atomic mass is 127. The molecule has 176 valence electrons. The van der Waals surface area contributed by atoms with Gasteiger partial charge in [0.15, 0.2) is 5.13 Å². The van der Waals surface area contributed by atoms with Crippen molar-refractivity contribution in [3.8, 4) is 5.75 Å². The van der Waals surface area contributed by atoms with Crippen LogP contribution in [0.3, 0.4) is 0 Å². The number of nitrogens with one attached hydrogen (secondary N) is 1. The number of benzene rings is 1. The van der Waals surface area contributed by atoms with Crippen LogP contribution in [-0.4, -0.2) is 21.8 Å². The van der Waals surface area contributed by atoms with Gasteiger partial charge >= 0.3 is 0 Å². The molecule has 2 aromatic rings. The molecule has 0 radical (unpaired) electrons. The minimum Gasteiger partial charge on any atom is -0.506 e. The lowest BCUT2D eigenvalue weighted by atomic mass is 9.54. The Morgan fingerprint density at radius 1 is 1.36 bits per heavy atom. The molecule has 3 aliphatic carbocycles. The molecule has 3 aliphatic rings. The number of phenols is 1. The number of Topliss-reactive ketones (excluding diaryl/α,β-unsaturated/α-hetero) is 1. The molecule has 2 fully saturated rings. The normalized spacial score (nSPS) is 30.5. The Balaban J connectivity index is 1.37. The second-order valence-corrected chi connectivity index (χ2v) is 13.6. The Bertz CT molecular complexity index is 1130. The molecule has 1 heterocycles. The Labute approximate surface area is 225 Å². The van der Waals surface area contributed by atoms with Gasteiger partial charge in [0, 0.05) is 29.3 Å². The van der Waals surface area contributed by atoms with Crippen molar-refractivity contribution in [2.45, 2.75) is 64.7 Å². The minimum absolute atomic E-state index is 0.00802. The zero-order valence-electron chi connectivity index (χ0n) is 18.8. The highest BCUT2D eigenvalue weighted by Gasteiger charge is 2.58. The van der Waals surface area contributed by atoms with Gasteiger partial charge in [-0.1, -0.05) is 6.92 Å².